The predicted octanol–water partition coefficient (Wildman–Crippen LogP) is 3.76. The Hall–Kier alpha value is -3.85. The molecule has 0 bridgehead atoms. The van der Waals surface area contributed by atoms with Crippen molar-refractivity contribution in [2.75, 3.05) is 7.11 Å². The van der Waals surface area contributed by atoms with Gasteiger partial charge in [0.2, 0.25) is 0 Å². The summed E-state index contributed by atoms with van der Waals surface area (Å²) in [7, 11) is 3.15. The lowest BCUT2D eigenvalue weighted by molar-refractivity contribution is 0.0532. The van der Waals surface area contributed by atoms with Crippen LogP contribution in [0.15, 0.2) is 48.5 Å². The summed E-state index contributed by atoms with van der Waals surface area (Å²) in [6.45, 7) is 5.73. The monoisotopic (exact) mass is 474 g/mol. The highest BCUT2D eigenvalue weighted by molar-refractivity contribution is 5.89. The van der Waals surface area contributed by atoms with Gasteiger partial charge >= 0.3 is 5.97 Å². The lowest BCUT2D eigenvalue weighted by atomic mass is 9.98. The second-order valence-electron chi connectivity index (χ2n) is 8.98. The van der Waals surface area contributed by atoms with Crippen molar-refractivity contribution in [2.45, 2.75) is 45.8 Å². The Bertz CT molecular complexity index is 1330. The highest BCUT2D eigenvalue weighted by Gasteiger charge is 2.32. The van der Waals surface area contributed by atoms with E-state index < -0.39 is 11.6 Å². The van der Waals surface area contributed by atoms with E-state index in [1.807, 2.05) is 60.1 Å². The maximum Gasteiger partial charge on any atom is 0.356 e. The zero-order chi connectivity index (χ0) is 25.2. The third-order valence-corrected chi connectivity index (χ3v) is 5.87. The number of methoxy groups -OCH3 is 1. The Morgan fingerprint density at radius 2 is 1.77 bits per heavy atom. The molecule has 0 aliphatic heterocycles. The molecule has 2 aromatic carbocycles. The summed E-state index contributed by atoms with van der Waals surface area (Å²) in [5.74, 6) is 0.920. The number of tetrazole rings is 1. The molecular formula is C26H30N6O3. The van der Waals surface area contributed by atoms with Gasteiger partial charge < -0.3 is 14.4 Å². The molecule has 0 aliphatic rings. The number of esters is 1. The van der Waals surface area contributed by atoms with E-state index in [9.17, 15) is 9.90 Å². The molecule has 182 valence electrons. The molecule has 4 aromatic rings. The lowest BCUT2D eigenvalue weighted by Gasteiger charge is -2.17. The highest BCUT2D eigenvalue weighted by atomic mass is 16.5. The van der Waals surface area contributed by atoms with Gasteiger partial charge in [0.05, 0.1) is 7.11 Å². The first-order valence-corrected chi connectivity index (χ1v) is 11.6. The van der Waals surface area contributed by atoms with Crippen molar-refractivity contribution in [3.63, 3.8) is 0 Å². The number of hydrogen-bond donors (Lipinski definition) is 1. The van der Waals surface area contributed by atoms with Crippen LogP contribution in [0.1, 0.15) is 54.8 Å². The summed E-state index contributed by atoms with van der Waals surface area (Å²) < 4.78 is 8.55. The number of aliphatic hydroxyl groups is 1. The molecule has 0 fully saturated rings. The van der Waals surface area contributed by atoms with Crippen molar-refractivity contribution >= 4 is 5.97 Å². The Morgan fingerprint density at radius 3 is 2.34 bits per heavy atom. The smallest absolute Gasteiger partial charge is 0.356 e. The van der Waals surface area contributed by atoms with Crippen molar-refractivity contribution in [3.05, 3.63) is 71.3 Å². The fraction of sp³-hybridized carbons (Fsp3) is 0.346. The van der Waals surface area contributed by atoms with Gasteiger partial charge in [0.1, 0.15) is 17.1 Å². The van der Waals surface area contributed by atoms with E-state index in [1.54, 1.807) is 18.5 Å². The SMILES string of the molecule is CCCc1nc(C(C)(C)O)c(C(=O)OC)n1Cc1ccc(-c2ccccc2-c2nnnn2C)cc1. The van der Waals surface area contributed by atoms with Crippen molar-refractivity contribution in [1.29, 1.82) is 0 Å². The summed E-state index contributed by atoms with van der Waals surface area (Å²) in [5, 5.41) is 22.5. The zero-order valence-electron chi connectivity index (χ0n) is 20.7. The number of nitrogens with zero attached hydrogens (tertiary/aromatic N) is 6. The Kier molecular flexibility index (Phi) is 6.79. The van der Waals surface area contributed by atoms with Crippen LogP contribution in [0, 0.1) is 0 Å². The molecule has 2 aromatic heterocycles. The topological polar surface area (TPSA) is 108 Å². The minimum atomic E-state index is -1.28. The minimum absolute atomic E-state index is 0.285. The predicted molar refractivity (Wildman–Crippen MR) is 132 cm³/mol. The summed E-state index contributed by atoms with van der Waals surface area (Å²) in [6.07, 6.45) is 1.53. The van der Waals surface area contributed by atoms with Crippen molar-refractivity contribution in [3.8, 4) is 22.5 Å². The quantitative estimate of drug-likeness (QED) is 0.387. The summed E-state index contributed by atoms with van der Waals surface area (Å²) >= 11 is 0. The standard InChI is InChI=1S/C26H30N6O3/c1-6-9-21-27-23(26(2,3)34)22(25(33)35-5)32(21)16-17-12-14-18(15-13-17)19-10-7-8-11-20(19)24-28-29-30-31(24)4/h7-8,10-15,34H,6,9,16H2,1-5H3. The van der Waals surface area contributed by atoms with E-state index in [0.29, 0.717) is 24.5 Å². The number of carbonyl (C=O) groups excluding carboxylic acids is 1. The first-order chi connectivity index (χ1) is 16.7. The molecule has 0 radical (unpaired) electrons. The van der Waals surface area contributed by atoms with Gasteiger partial charge in [-0.25, -0.2) is 14.5 Å². The van der Waals surface area contributed by atoms with Crippen LogP contribution in [0.5, 0.6) is 0 Å². The molecule has 0 saturated carbocycles. The maximum absolute atomic E-state index is 12.7. The van der Waals surface area contributed by atoms with Crippen molar-refractivity contribution < 1.29 is 14.6 Å². The van der Waals surface area contributed by atoms with E-state index in [0.717, 1.165) is 34.5 Å². The van der Waals surface area contributed by atoms with Crippen LogP contribution in [0.25, 0.3) is 22.5 Å². The van der Waals surface area contributed by atoms with Crippen molar-refractivity contribution in [2.24, 2.45) is 7.05 Å². The average Bonchev–Trinajstić information content (AvgIpc) is 3.43. The van der Waals surface area contributed by atoms with E-state index in [2.05, 4.69) is 27.4 Å². The number of benzene rings is 2. The first kappa shape index (κ1) is 24.3. The number of imidazole rings is 1. The largest absolute Gasteiger partial charge is 0.464 e. The molecular weight excluding hydrogens is 444 g/mol. The number of hydrogen-bond acceptors (Lipinski definition) is 7. The molecule has 0 amide bonds. The van der Waals surface area contributed by atoms with E-state index >= 15 is 0 Å². The van der Waals surface area contributed by atoms with Crippen LogP contribution < -0.4 is 0 Å². The molecule has 0 spiro atoms. The van der Waals surface area contributed by atoms with Crippen LogP contribution in [-0.2, 0) is 30.4 Å². The van der Waals surface area contributed by atoms with Crippen molar-refractivity contribution in [1.82, 2.24) is 29.8 Å². The van der Waals surface area contributed by atoms with Crippen LogP contribution in [-0.4, -0.2) is 47.9 Å². The summed E-state index contributed by atoms with van der Waals surface area (Å²) in [4.78, 5) is 17.4. The maximum atomic E-state index is 12.7. The zero-order valence-corrected chi connectivity index (χ0v) is 20.7. The Morgan fingerprint density at radius 1 is 1.09 bits per heavy atom. The molecule has 2 heterocycles. The van der Waals surface area contributed by atoms with Crippen LogP contribution >= 0.6 is 0 Å². The fourth-order valence-corrected chi connectivity index (χ4v) is 4.17. The average molecular weight is 475 g/mol. The molecule has 35 heavy (non-hydrogen) atoms. The Balaban J connectivity index is 1.72. The number of aryl methyl sites for hydroxylation is 2. The van der Waals surface area contributed by atoms with E-state index in [-0.39, 0.29) is 5.69 Å². The molecule has 9 nitrogen and oxygen atoms in total. The molecule has 0 aliphatic carbocycles. The number of aromatic nitrogens is 6. The van der Waals surface area contributed by atoms with Crippen LogP contribution in [0.3, 0.4) is 0 Å². The van der Waals surface area contributed by atoms with Gasteiger partial charge in [-0.05, 0) is 47.4 Å². The number of rotatable bonds is 8. The van der Waals surface area contributed by atoms with E-state index in [1.165, 1.54) is 7.11 Å². The van der Waals surface area contributed by atoms with Crippen LogP contribution in [0.2, 0.25) is 0 Å². The third-order valence-electron chi connectivity index (χ3n) is 5.87. The van der Waals surface area contributed by atoms with Gasteiger partial charge in [-0.1, -0.05) is 55.5 Å². The van der Waals surface area contributed by atoms with Gasteiger partial charge in [0.15, 0.2) is 11.5 Å². The lowest BCUT2D eigenvalue weighted by Crippen LogP contribution is -2.23. The number of ether oxygens (including phenoxy) is 1. The normalized spacial score (nSPS) is 11.6. The van der Waals surface area contributed by atoms with Gasteiger partial charge in [-0.3, -0.25) is 0 Å². The molecule has 9 heteroatoms. The molecule has 0 unspecified atom stereocenters. The van der Waals surface area contributed by atoms with Gasteiger partial charge in [0, 0.05) is 25.6 Å². The second-order valence-corrected chi connectivity index (χ2v) is 8.98. The molecule has 1 N–H and O–H groups in total. The fourth-order valence-electron chi connectivity index (χ4n) is 4.17. The van der Waals surface area contributed by atoms with Crippen LogP contribution in [0.4, 0.5) is 0 Å². The highest BCUT2D eigenvalue weighted by Crippen LogP contribution is 2.31. The van der Waals surface area contributed by atoms with E-state index in [4.69, 9.17) is 4.74 Å². The van der Waals surface area contributed by atoms with Gasteiger partial charge in [0.25, 0.3) is 0 Å². The molecule has 0 saturated heterocycles. The second kappa shape index (κ2) is 9.79. The van der Waals surface area contributed by atoms with Gasteiger partial charge in [-0.2, -0.15) is 0 Å². The summed E-state index contributed by atoms with van der Waals surface area (Å²) in [6, 6.07) is 16.1. The third kappa shape index (κ3) is 4.85. The minimum Gasteiger partial charge on any atom is -0.464 e. The number of carbonyl (C=O) groups is 1. The summed E-state index contributed by atoms with van der Waals surface area (Å²) in [5.41, 5.74) is 3.31. The molecule has 0 atom stereocenters. The first-order valence-electron chi connectivity index (χ1n) is 11.6. The molecule has 4 rings (SSSR count). The van der Waals surface area contributed by atoms with Gasteiger partial charge in [-0.15, -0.1) is 5.10 Å². The Labute approximate surface area is 204 Å².